The van der Waals surface area contributed by atoms with Gasteiger partial charge in [0.25, 0.3) is 0 Å². The standard InChI is InChI=1S/C7H12O2.C5H8O3/c1-5-6(8)9-7(2,3)4;6-2-3-1-4(3)5(7)8/h5H,1H2,2-4H3;3-4,6H,1-2H2,(H,7,8). The third-order valence-electron chi connectivity index (χ3n) is 2.05. The van der Waals surface area contributed by atoms with Crippen molar-refractivity contribution in [1.82, 2.24) is 0 Å². The van der Waals surface area contributed by atoms with Gasteiger partial charge in [0.05, 0.1) is 5.92 Å². The van der Waals surface area contributed by atoms with E-state index in [2.05, 4.69) is 6.58 Å². The SMILES string of the molecule is C=CC(=O)OC(C)(C)C.O=C(O)C1CC1CO. The number of rotatable bonds is 3. The van der Waals surface area contributed by atoms with E-state index in [9.17, 15) is 9.59 Å². The normalized spacial score (nSPS) is 21.9. The predicted octanol–water partition coefficient (Wildman–Crippen LogP) is 1.21. The number of hydrogen-bond donors (Lipinski definition) is 2. The molecule has 5 nitrogen and oxygen atoms in total. The summed E-state index contributed by atoms with van der Waals surface area (Å²) in [5, 5.41) is 16.6. The van der Waals surface area contributed by atoms with Gasteiger partial charge in [-0.15, -0.1) is 0 Å². The third kappa shape index (κ3) is 7.52. The van der Waals surface area contributed by atoms with E-state index in [0.717, 1.165) is 6.08 Å². The molecular weight excluding hydrogens is 224 g/mol. The molecule has 0 aromatic carbocycles. The fourth-order valence-corrected chi connectivity index (χ4v) is 1.10. The molecule has 1 fully saturated rings. The van der Waals surface area contributed by atoms with E-state index >= 15 is 0 Å². The Morgan fingerprint density at radius 3 is 2.12 bits per heavy atom. The van der Waals surface area contributed by atoms with Crippen LogP contribution < -0.4 is 0 Å². The van der Waals surface area contributed by atoms with Gasteiger partial charge >= 0.3 is 11.9 Å². The van der Waals surface area contributed by atoms with Crippen LogP contribution in [0.4, 0.5) is 0 Å². The lowest BCUT2D eigenvalue weighted by molar-refractivity contribution is -0.148. The molecule has 17 heavy (non-hydrogen) atoms. The maximum absolute atomic E-state index is 10.5. The van der Waals surface area contributed by atoms with Crippen molar-refractivity contribution in [2.45, 2.75) is 32.8 Å². The van der Waals surface area contributed by atoms with Gasteiger partial charge in [-0.05, 0) is 33.1 Å². The highest BCUT2D eigenvalue weighted by Crippen LogP contribution is 2.37. The van der Waals surface area contributed by atoms with Gasteiger partial charge < -0.3 is 14.9 Å². The third-order valence-corrected chi connectivity index (χ3v) is 2.05. The minimum atomic E-state index is -0.774. The number of aliphatic hydroxyl groups is 1. The molecule has 0 radical (unpaired) electrons. The van der Waals surface area contributed by atoms with Gasteiger partial charge in [0.15, 0.2) is 0 Å². The molecule has 98 valence electrons. The molecule has 0 amide bonds. The molecule has 0 aromatic heterocycles. The molecule has 0 saturated heterocycles. The van der Waals surface area contributed by atoms with E-state index in [1.807, 2.05) is 20.8 Å². The van der Waals surface area contributed by atoms with Gasteiger partial charge in [0.2, 0.25) is 0 Å². The lowest BCUT2D eigenvalue weighted by atomic mass is 10.2. The number of carboxylic acid groups (broad SMARTS) is 1. The van der Waals surface area contributed by atoms with Crippen molar-refractivity contribution in [2.24, 2.45) is 11.8 Å². The molecule has 0 bridgehead atoms. The number of carbonyl (C=O) groups is 2. The van der Waals surface area contributed by atoms with Crippen LogP contribution in [0.25, 0.3) is 0 Å². The van der Waals surface area contributed by atoms with Crippen LogP contribution in [-0.4, -0.2) is 34.4 Å². The van der Waals surface area contributed by atoms with Gasteiger partial charge in [0.1, 0.15) is 5.60 Å². The van der Waals surface area contributed by atoms with Gasteiger partial charge in [0, 0.05) is 12.7 Å². The van der Waals surface area contributed by atoms with E-state index < -0.39 is 11.6 Å². The summed E-state index contributed by atoms with van der Waals surface area (Å²) in [6.45, 7) is 8.74. The summed E-state index contributed by atoms with van der Waals surface area (Å²) < 4.78 is 4.83. The molecule has 0 aliphatic heterocycles. The number of ether oxygens (including phenoxy) is 1. The van der Waals surface area contributed by atoms with Gasteiger partial charge in [-0.25, -0.2) is 4.79 Å². The zero-order valence-electron chi connectivity index (χ0n) is 10.5. The van der Waals surface area contributed by atoms with Crippen molar-refractivity contribution >= 4 is 11.9 Å². The van der Waals surface area contributed by atoms with Gasteiger partial charge in [-0.2, -0.15) is 0 Å². The van der Waals surface area contributed by atoms with E-state index in [0.29, 0.717) is 6.42 Å². The molecule has 2 N–H and O–H groups in total. The van der Waals surface area contributed by atoms with Crippen LogP contribution >= 0.6 is 0 Å². The molecule has 2 atom stereocenters. The minimum absolute atomic E-state index is 0.0248. The Morgan fingerprint density at radius 2 is 2.00 bits per heavy atom. The molecule has 1 aliphatic rings. The lowest BCUT2D eigenvalue weighted by Gasteiger charge is -2.17. The Labute approximate surface area is 101 Å². The molecule has 0 aromatic rings. The van der Waals surface area contributed by atoms with Gasteiger partial charge in [-0.1, -0.05) is 6.58 Å². The van der Waals surface area contributed by atoms with Crippen LogP contribution in [-0.2, 0) is 14.3 Å². The Balaban J connectivity index is 0.000000302. The number of carboxylic acids is 1. The summed E-state index contributed by atoms with van der Waals surface area (Å²) in [4.78, 5) is 20.5. The van der Waals surface area contributed by atoms with Crippen molar-refractivity contribution in [2.75, 3.05) is 6.61 Å². The maximum Gasteiger partial charge on any atom is 0.330 e. The van der Waals surface area contributed by atoms with Crippen molar-refractivity contribution in [3.63, 3.8) is 0 Å². The van der Waals surface area contributed by atoms with Crippen LogP contribution in [0, 0.1) is 11.8 Å². The van der Waals surface area contributed by atoms with Crippen molar-refractivity contribution in [3.8, 4) is 0 Å². The molecule has 0 heterocycles. The fourth-order valence-electron chi connectivity index (χ4n) is 1.10. The molecule has 0 spiro atoms. The Kier molecular flexibility index (Phi) is 5.88. The van der Waals surface area contributed by atoms with E-state index in [1.165, 1.54) is 0 Å². The number of aliphatic hydroxyl groups excluding tert-OH is 1. The summed E-state index contributed by atoms with van der Waals surface area (Å²) >= 11 is 0. The van der Waals surface area contributed by atoms with Crippen molar-refractivity contribution < 1.29 is 24.5 Å². The van der Waals surface area contributed by atoms with Crippen LogP contribution in [0.15, 0.2) is 12.7 Å². The predicted molar refractivity (Wildman–Crippen MR) is 62.4 cm³/mol. The summed E-state index contributed by atoms with van der Waals surface area (Å²) in [6.07, 6.45) is 1.82. The van der Waals surface area contributed by atoms with E-state index in [4.69, 9.17) is 14.9 Å². The second-order valence-electron chi connectivity index (χ2n) is 4.86. The first kappa shape index (κ1) is 15.6. The Bertz CT molecular complexity index is 290. The van der Waals surface area contributed by atoms with E-state index in [1.54, 1.807) is 0 Å². The molecular formula is C12H20O5. The number of esters is 1. The average Bonchev–Trinajstić information content (AvgIpc) is 2.94. The van der Waals surface area contributed by atoms with Crippen LogP contribution in [0.5, 0.6) is 0 Å². The fraction of sp³-hybridized carbons (Fsp3) is 0.667. The van der Waals surface area contributed by atoms with Gasteiger partial charge in [-0.3, -0.25) is 4.79 Å². The van der Waals surface area contributed by atoms with Crippen molar-refractivity contribution in [3.05, 3.63) is 12.7 Å². The Morgan fingerprint density at radius 1 is 1.47 bits per heavy atom. The largest absolute Gasteiger partial charge is 0.481 e. The maximum atomic E-state index is 10.5. The second kappa shape index (κ2) is 6.39. The minimum Gasteiger partial charge on any atom is -0.481 e. The van der Waals surface area contributed by atoms with Crippen molar-refractivity contribution in [1.29, 1.82) is 0 Å². The summed E-state index contributed by atoms with van der Waals surface area (Å²) in [7, 11) is 0. The Hall–Kier alpha value is -1.36. The number of carbonyl (C=O) groups excluding carboxylic acids is 1. The highest BCUT2D eigenvalue weighted by molar-refractivity contribution is 5.81. The first-order valence-corrected chi connectivity index (χ1v) is 5.40. The second-order valence-corrected chi connectivity index (χ2v) is 4.86. The quantitative estimate of drug-likeness (QED) is 0.576. The summed E-state index contributed by atoms with van der Waals surface area (Å²) in [5.41, 5.74) is -0.398. The zero-order valence-corrected chi connectivity index (χ0v) is 10.5. The molecule has 1 aliphatic carbocycles. The number of aliphatic carboxylic acids is 1. The number of hydrogen-bond acceptors (Lipinski definition) is 4. The van der Waals surface area contributed by atoms with Crippen LogP contribution in [0.2, 0.25) is 0 Å². The molecule has 5 heteroatoms. The molecule has 1 rings (SSSR count). The monoisotopic (exact) mass is 244 g/mol. The topological polar surface area (TPSA) is 83.8 Å². The molecule has 1 saturated carbocycles. The highest BCUT2D eigenvalue weighted by atomic mass is 16.6. The average molecular weight is 244 g/mol. The summed E-state index contributed by atoms with van der Waals surface area (Å²) in [5.74, 6) is -1.35. The summed E-state index contributed by atoms with van der Waals surface area (Å²) in [6, 6.07) is 0. The highest BCUT2D eigenvalue weighted by Gasteiger charge is 2.42. The molecule has 2 unspecified atom stereocenters. The van der Waals surface area contributed by atoms with Crippen LogP contribution in [0.1, 0.15) is 27.2 Å². The zero-order chi connectivity index (χ0) is 13.6. The smallest absolute Gasteiger partial charge is 0.330 e. The lowest BCUT2D eigenvalue weighted by Crippen LogP contribution is -2.22. The van der Waals surface area contributed by atoms with E-state index in [-0.39, 0.29) is 24.4 Å². The first-order valence-electron chi connectivity index (χ1n) is 5.40. The van der Waals surface area contributed by atoms with Crippen LogP contribution in [0.3, 0.4) is 0 Å². The first-order chi connectivity index (χ1) is 7.71.